The summed E-state index contributed by atoms with van der Waals surface area (Å²) in [4.78, 5) is 40.0. The van der Waals surface area contributed by atoms with E-state index < -0.39 is 29.7 Å². The highest BCUT2D eigenvalue weighted by Gasteiger charge is 2.59. The third-order valence-corrected chi connectivity index (χ3v) is 5.95. The minimum Gasteiger partial charge on any atom is -0.464 e. The van der Waals surface area contributed by atoms with Gasteiger partial charge in [0.2, 0.25) is 5.91 Å². The SMILES string of the molecule is COC(=O)C1=NN(c2ccc(Br)cc2)[C@H]2C(=O)N(c3cccc(Cl)c3C)C(=O)[C@H]12. The molecule has 2 atom stereocenters. The van der Waals surface area contributed by atoms with Crippen molar-refractivity contribution >= 4 is 62.4 Å². The summed E-state index contributed by atoms with van der Waals surface area (Å²) in [6.07, 6.45) is 0. The number of halogens is 2. The molecule has 29 heavy (non-hydrogen) atoms. The number of hydrogen-bond donors (Lipinski definition) is 0. The van der Waals surface area contributed by atoms with Crippen molar-refractivity contribution in [3.05, 3.63) is 57.5 Å². The van der Waals surface area contributed by atoms with E-state index in [1.165, 1.54) is 12.1 Å². The van der Waals surface area contributed by atoms with Crippen molar-refractivity contribution in [2.75, 3.05) is 17.0 Å². The molecule has 0 bridgehead atoms. The molecular weight excluding hydrogens is 462 g/mol. The smallest absolute Gasteiger partial charge is 0.355 e. The number of hydrogen-bond acceptors (Lipinski definition) is 6. The number of amides is 2. The van der Waals surface area contributed by atoms with Crippen molar-refractivity contribution in [3.8, 4) is 0 Å². The van der Waals surface area contributed by atoms with Gasteiger partial charge in [0.05, 0.1) is 18.5 Å². The first-order valence-corrected chi connectivity index (χ1v) is 9.86. The first-order chi connectivity index (χ1) is 13.8. The van der Waals surface area contributed by atoms with Crippen LogP contribution in [0.3, 0.4) is 0 Å². The van der Waals surface area contributed by atoms with Gasteiger partial charge in [0.25, 0.3) is 5.91 Å². The zero-order valence-electron chi connectivity index (χ0n) is 15.4. The van der Waals surface area contributed by atoms with E-state index in [0.29, 0.717) is 22.0 Å². The summed E-state index contributed by atoms with van der Waals surface area (Å²) in [6, 6.07) is 11.1. The van der Waals surface area contributed by atoms with Crippen LogP contribution in [0.5, 0.6) is 0 Å². The molecule has 7 nitrogen and oxygen atoms in total. The lowest BCUT2D eigenvalue weighted by atomic mass is 9.98. The quantitative estimate of drug-likeness (QED) is 0.502. The Kier molecular flexibility index (Phi) is 4.92. The molecule has 9 heteroatoms. The van der Waals surface area contributed by atoms with E-state index in [9.17, 15) is 14.4 Å². The number of nitrogens with zero attached hydrogens (tertiary/aromatic N) is 3. The Hall–Kier alpha value is -2.71. The number of carbonyl (C=O) groups is 3. The average Bonchev–Trinajstić information content (AvgIpc) is 3.22. The summed E-state index contributed by atoms with van der Waals surface area (Å²) in [7, 11) is 1.21. The molecule has 2 aliphatic heterocycles. The summed E-state index contributed by atoms with van der Waals surface area (Å²) in [5.41, 5.74) is 1.47. The van der Waals surface area contributed by atoms with Crippen molar-refractivity contribution < 1.29 is 19.1 Å². The van der Waals surface area contributed by atoms with Gasteiger partial charge in [-0.25, -0.2) is 9.69 Å². The van der Waals surface area contributed by atoms with Gasteiger partial charge in [-0.3, -0.25) is 14.6 Å². The Morgan fingerprint density at radius 1 is 1.14 bits per heavy atom. The number of rotatable bonds is 3. The van der Waals surface area contributed by atoms with Gasteiger partial charge in [0.1, 0.15) is 12.0 Å². The van der Waals surface area contributed by atoms with Crippen LogP contribution >= 0.6 is 27.5 Å². The van der Waals surface area contributed by atoms with E-state index in [0.717, 1.165) is 9.37 Å². The fourth-order valence-electron chi connectivity index (χ4n) is 3.57. The maximum atomic E-state index is 13.4. The third kappa shape index (κ3) is 3.03. The summed E-state index contributed by atoms with van der Waals surface area (Å²) in [5, 5.41) is 6.12. The fourth-order valence-corrected chi connectivity index (χ4v) is 4.00. The monoisotopic (exact) mass is 475 g/mol. The second-order valence-electron chi connectivity index (χ2n) is 6.62. The number of benzene rings is 2. The van der Waals surface area contributed by atoms with E-state index in [1.54, 1.807) is 49.4 Å². The van der Waals surface area contributed by atoms with Crippen LogP contribution in [-0.2, 0) is 19.1 Å². The van der Waals surface area contributed by atoms with Crippen molar-refractivity contribution in [2.24, 2.45) is 11.0 Å². The first kappa shape index (κ1) is 19.6. The Morgan fingerprint density at radius 2 is 1.83 bits per heavy atom. The van der Waals surface area contributed by atoms with Crippen LogP contribution in [0.4, 0.5) is 11.4 Å². The molecular formula is C20H15BrClN3O4. The molecule has 0 aromatic heterocycles. The van der Waals surface area contributed by atoms with Crippen LogP contribution in [0, 0.1) is 12.8 Å². The van der Waals surface area contributed by atoms with E-state index in [2.05, 4.69) is 21.0 Å². The van der Waals surface area contributed by atoms with Gasteiger partial charge in [-0.15, -0.1) is 0 Å². The number of carbonyl (C=O) groups excluding carboxylic acids is 3. The van der Waals surface area contributed by atoms with Crippen LogP contribution in [0.1, 0.15) is 5.56 Å². The molecule has 0 saturated carbocycles. The minimum absolute atomic E-state index is 0.0963. The van der Waals surface area contributed by atoms with E-state index in [-0.39, 0.29) is 5.71 Å². The lowest BCUT2D eigenvalue weighted by molar-refractivity contribution is -0.133. The Morgan fingerprint density at radius 3 is 2.48 bits per heavy atom. The van der Waals surface area contributed by atoms with E-state index >= 15 is 0 Å². The number of fused-ring (bicyclic) bond motifs is 1. The van der Waals surface area contributed by atoms with E-state index in [4.69, 9.17) is 16.3 Å². The minimum atomic E-state index is -1.06. The van der Waals surface area contributed by atoms with Gasteiger partial charge in [-0.05, 0) is 48.9 Å². The van der Waals surface area contributed by atoms with Crippen molar-refractivity contribution in [3.63, 3.8) is 0 Å². The number of esters is 1. The number of methoxy groups -OCH3 is 1. The zero-order chi connectivity index (χ0) is 20.9. The van der Waals surface area contributed by atoms with Crippen LogP contribution < -0.4 is 9.91 Å². The standard InChI is InChI=1S/C20H15BrClN3O4/c1-10-13(22)4-3-5-14(10)24-18(26)15-16(20(28)29-2)23-25(17(15)19(24)27)12-8-6-11(21)7-9-12/h3-9,15,17H,1-2H3/t15-,17-/m1/s1. The summed E-state index contributed by atoms with van der Waals surface area (Å²) >= 11 is 9.55. The normalized spacial score (nSPS) is 20.8. The van der Waals surface area contributed by atoms with Crippen LogP contribution in [-0.4, -0.2) is 36.6 Å². The number of ether oxygens (including phenoxy) is 1. The Bertz CT molecular complexity index is 1070. The molecule has 0 spiro atoms. The second kappa shape index (κ2) is 7.27. The van der Waals surface area contributed by atoms with Crippen molar-refractivity contribution in [1.82, 2.24) is 0 Å². The molecule has 4 rings (SSSR count). The maximum Gasteiger partial charge on any atom is 0.355 e. The average molecular weight is 477 g/mol. The Balaban J connectivity index is 1.83. The largest absolute Gasteiger partial charge is 0.464 e. The molecule has 1 saturated heterocycles. The van der Waals surface area contributed by atoms with Gasteiger partial charge in [-0.2, -0.15) is 5.10 Å². The lowest BCUT2D eigenvalue weighted by Gasteiger charge is -2.23. The predicted octanol–water partition coefficient (Wildman–Crippen LogP) is 3.32. The molecule has 0 N–H and O–H groups in total. The molecule has 0 unspecified atom stereocenters. The third-order valence-electron chi connectivity index (χ3n) is 5.01. The highest BCUT2D eigenvalue weighted by Crippen LogP contribution is 2.39. The highest BCUT2D eigenvalue weighted by atomic mass is 79.9. The van der Waals surface area contributed by atoms with Gasteiger partial charge in [0, 0.05) is 9.50 Å². The summed E-state index contributed by atoms with van der Waals surface area (Å²) in [6.45, 7) is 1.73. The number of imide groups is 1. The molecule has 148 valence electrons. The lowest BCUT2D eigenvalue weighted by Crippen LogP contribution is -2.39. The van der Waals surface area contributed by atoms with E-state index in [1.807, 2.05) is 0 Å². The topological polar surface area (TPSA) is 79.3 Å². The van der Waals surface area contributed by atoms with Crippen LogP contribution in [0.2, 0.25) is 5.02 Å². The molecule has 0 radical (unpaired) electrons. The summed E-state index contributed by atoms with van der Waals surface area (Å²) in [5.74, 6) is -2.81. The number of hydrazone groups is 1. The molecule has 2 aromatic carbocycles. The predicted molar refractivity (Wildman–Crippen MR) is 112 cm³/mol. The molecule has 1 fully saturated rings. The molecule has 0 aliphatic carbocycles. The van der Waals surface area contributed by atoms with Crippen molar-refractivity contribution in [2.45, 2.75) is 13.0 Å². The first-order valence-electron chi connectivity index (χ1n) is 8.69. The van der Waals surface area contributed by atoms with Crippen LogP contribution in [0.25, 0.3) is 0 Å². The van der Waals surface area contributed by atoms with Gasteiger partial charge >= 0.3 is 5.97 Å². The summed E-state index contributed by atoms with van der Waals surface area (Å²) < 4.78 is 5.65. The van der Waals surface area contributed by atoms with Crippen molar-refractivity contribution in [1.29, 1.82) is 0 Å². The molecule has 2 heterocycles. The molecule has 2 amide bonds. The molecule has 2 aliphatic rings. The van der Waals surface area contributed by atoms with Gasteiger partial charge in [0.15, 0.2) is 5.71 Å². The van der Waals surface area contributed by atoms with Crippen LogP contribution in [0.15, 0.2) is 52.0 Å². The highest BCUT2D eigenvalue weighted by molar-refractivity contribution is 9.10. The second-order valence-corrected chi connectivity index (χ2v) is 7.94. The Labute approximate surface area is 180 Å². The maximum absolute atomic E-state index is 13.4. The van der Waals surface area contributed by atoms with Gasteiger partial charge < -0.3 is 4.74 Å². The van der Waals surface area contributed by atoms with Gasteiger partial charge in [-0.1, -0.05) is 33.6 Å². The zero-order valence-corrected chi connectivity index (χ0v) is 17.8. The number of anilines is 2. The molecule has 2 aromatic rings. The fraction of sp³-hybridized carbons (Fsp3) is 0.200.